The molecule has 0 radical (unpaired) electrons. The molecule has 2 fully saturated rings. The van der Waals surface area contributed by atoms with E-state index in [0.717, 1.165) is 81.7 Å². The SMILES string of the molecule is C=C(c1cc(CN2CCN(c3ccccc3C#N)CC2)ccc1C)N1CCN(c2ccc(C)cn2)CC1. The molecule has 3 aromatic rings. The van der Waals surface area contributed by atoms with Crippen molar-refractivity contribution >= 4 is 17.2 Å². The smallest absolute Gasteiger partial charge is 0.128 e. The zero-order valence-corrected chi connectivity index (χ0v) is 22.0. The molecule has 6 nitrogen and oxygen atoms in total. The average molecular weight is 493 g/mol. The van der Waals surface area contributed by atoms with Crippen molar-refractivity contribution in [1.82, 2.24) is 14.8 Å². The van der Waals surface area contributed by atoms with Crippen LogP contribution in [-0.4, -0.2) is 67.1 Å². The number of hydrogen-bond acceptors (Lipinski definition) is 6. The van der Waals surface area contributed by atoms with Crippen LogP contribution in [0.5, 0.6) is 0 Å². The van der Waals surface area contributed by atoms with Crippen molar-refractivity contribution in [1.29, 1.82) is 5.26 Å². The fourth-order valence-corrected chi connectivity index (χ4v) is 5.35. The summed E-state index contributed by atoms with van der Waals surface area (Å²) in [6.07, 6.45) is 1.95. The lowest BCUT2D eigenvalue weighted by Gasteiger charge is -2.38. The maximum Gasteiger partial charge on any atom is 0.128 e. The number of nitrogens with zero attached hydrogens (tertiary/aromatic N) is 6. The standard InChI is InChI=1S/C31H36N6/c1-24-8-11-31(33-22-24)37-18-16-35(17-19-37)26(3)29-20-27(10-9-25(29)2)23-34-12-14-36(15-13-34)30-7-5-4-6-28(30)21-32/h4-11,20,22H,3,12-19,23H2,1-2H3. The number of hydrogen-bond donors (Lipinski definition) is 0. The number of piperazine rings is 2. The van der Waals surface area contributed by atoms with Gasteiger partial charge in [0, 0.05) is 76.4 Å². The van der Waals surface area contributed by atoms with Gasteiger partial charge in [-0.25, -0.2) is 4.98 Å². The Labute approximate surface area is 221 Å². The molecular formula is C31H36N6. The van der Waals surface area contributed by atoms with Crippen LogP contribution in [-0.2, 0) is 6.54 Å². The van der Waals surface area contributed by atoms with Crippen molar-refractivity contribution in [2.24, 2.45) is 0 Å². The van der Waals surface area contributed by atoms with E-state index >= 15 is 0 Å². The number of para-hydroxylation sites is 1. The van der Waals surface area contributed by atoms with E-state index in [-0.39, 0.29) is 0 Å². The van der Waals surface area contributed by atoms with Gasteiger partial charge in [0.25, 0.3) is 0 Å². The Bertz CT molecular complexity index is 1280. The maximum atomic E-state index is 9.45. The molecule has 2 saturated heterocycles. The Morgan fingerprint density at radius 2 is 1.62 bits per heavy atom. The van der Waals surface area contributed by atoms with E-state index in [1.54, 1.807) is 0 Å². The molecule has 1 aromatic heterocycles. The van der Waals surface area contributed by atoms with Crippen LogP contribution in [0.25, 0.3) is 5.70 Å². The van der Waals surface area contributed by atoms with Gasteiger partial charge in [-0.2, -0.15) is 5.26 Å². The minimum atomic E-state index is 0.758. The molecule has 37 heavy (non-hydrogen) atoms. The summed E-state index contributed by atoms with van der Waals surface area (Å²) < 4.78 is 0. The van der Waals surface area contributed by atoms with E-state index < -0.39 is 0 Å². The van der Waals surface area contributed by atoms with E-state index in [1.165, 1.54) is 22.3 Å². The van der Waals surface area contributed by atoms with E-state index in [9.17, 15) is 5.26 Å². The molecule has 2 aromatic carbocycles. The first-order valence-electron chi connectivity index (χ1n) is 13.2. The van der Waals surface area contributed by atoms with Gasteiger partial charge in [0.2, 0.25) is 0 Å². The molecule has 2 aliphatic heterocycles. The minimum absolute atomic E-state index is 0.758. The third-order valence-corrected chi connectivity index (χ3v) is 7.64. The monoisotopic (exact) mass is 492 g/mol. The number of nitriles is 1. The molecule has 190 valence electrons. The number of aromatic nitrogens is 1. The molecule has 5 rings (SSSR count). The maximum absolute atomic E-state index is 9.45. The summed E-state index contributed by atoms with van der Waals surface area (Å²) in [5, 5.41) is 9.45. The van der Waals surface area contributed by atoms with Crippen LogP contribution in [0.15, 0.2) is 67.4 Å². The number of benzene rings is 2. The molecule has 0 bridgehead atoms. The van der Waals surface area contributed by atoms with E-state index in [2.05, 4.69) is 87.5 Å². The third kappa shape index (κ3) is 5.63. The van der Waals surface area contributed by atoms with Crippen LogP contribution in [0.3, 0.4) is 0 Å². The van der Waals surface area contributed by atoms with Gasteiger partial charge in [0.05, 0.1) is 11.3 Å². The summed E-state index contributed by atoms with van der Waals surface area (Å²) in [4.78, 5) is 14.2. The van der Waals surface area contributed by atoms with Crippen LogP contribution >= 0.6 is 0 Å². The number of pyridine rings is 1. The quantitative estimate of drug-likeness (QED) is 0.498. The van der Waals surface area contributed by atoms with Gasteiger partial charge in [-0.1, -0.05) is 36.9 Å². The predicted molar refractivity (Wildman–Crippen MR) is 152 cm³/mol. The Hall–Kier alpha value is -3.82. The summed E-state index contributed by atoms with van der Waals surface area (Å²) in [6.45, 7) is 17.3. The fraction of sp³-hybridized carbons (Fsp3) is 0.355. The van der Waals surface area contributed by atoms with Crippen LogP contribution in [0.1, 0.15) is 27.8 Å². The third-order valence-electron chi connectivity index (χ3n) is 7.64. The van der Waals surface area contributed by atoms with Gasteiger partial charge in [-0.15, -0.1) is 0 Å². The zero-order valence-electron chi connectivity index (χ0n) is 22.0. The summed E-state index contributed by atoms with van der Waals surface area (Å²) in [5.74, 6) is 1.06. The lowest BCUT2D eigenvalue weighted by atomic mass is 10.0. The molecule has 0 unspecified atom stereocenters. The second-order valence-electron chi connectivity index (χ2n) is 10.2. The molecule has 6 heteroatoms. The van der Waals surface area contributed by atoms with Gasteiger partial charge in [0.15, 0.2) is 0 Å². The van der Waals surface area contributed by atoms with Crippen LogP contribution < -0.4 is 9.80 Å². The second kappa shape index (κ2) is 11.1. The first kappa shape index (κ1) is 24.9. The molecule has 0 spiro atoms. The molecule has 2 aliphatic rings. The number of aryl methyl sites for hydroxylation is 2. The highest BCUT2D eigenvalue weighted by atomic mass is 15.3. The van der Waals surface area contributed by atoms with Crippen LogP contribution in [0.4, 0.5) is 11.5 Å². The van der Waals surface area contributed by atoms with Crippen LogP contribution in [0.2, 0.25) is 0 Å². The summed E-state index contributed by atoms with van der Waals surface area (Å²) in [6, 6.07) is 21.3. The van der Waals surface area contributed by atoms with Crippen molar-refractivity contribution < 1.29 is 0 Å². The van der Waals surface area contributed by atoms with Gasteiger partial charge >= 0.3 is 0 Å². The lowest BCUT2D eigenvalue weighted by Crippen LogP contribution is -2.46. The Morgan fingerprint density at radius 1 is 0.892 bits per heavy atom. The topological polar surface area (TPSA) is 49.6 Å². The molecular weight excluding hydrogens is 456 g/mol. The number of anilines is 2. The molecule has 0 aliphatic carbocycles. The van der Waals surface area contributed by atoms with Gasteiger partial charge in [-0.3, -0.25) is 4.90 Å². The van der Waals surface area contributed by atoms with E-state index in [4.69, 9.17) is 0 Å². The summed E-state index contributed by atoms with van der Waals surface area (Å²) in [5.41, 5.74) is 7.97. The van der Waals surface area contributed by atoms with Gasteiger partial charge < -0.3 is 14.7 Å². The molecule has 0 amide bonds. The van der Waals surface area contributed by atoms with E-state index in [0.29, 0.717) is 0 Å². The first-order chi connectivity index (χ1) is 18.0. The highest BCUT2D eigenvalue weighted by Crippen LogP contribution is 2.26. The zero-order chi connectivity index (χ0) is 25.8. The highest BCUT2D eigenvalue weighted by Gasteiger charge is 2.22. The number of rotatable bonds is 6. The van der Waals surface area contributed by atoms with Gasteiger partial charge in [-0.05, 0) is 54.8 Å². The second-order valence-corrected chi connectivity index (χ2v) is 10.2. The Kier molecular flexibility index (Phi) is 7.43. The first-order valence-corrected chi connectivity index (χ1v) is 13.2. The molecule has 3 heterocycles. The van der Waals surface area contributed by atoms with Crippen molar-refractivity contribution in [2.45, 2.75) is 20.4 Å². The normalized spacial score (nSPS) is 16.5. The van der Waals surface area contributed by atoms with Crippen LogP contribution in [0, 0.1) is 25.2 Å². The summed E-state index contributed by atoms with van der Waals surface area (Å²) >= 11 is 0. The molecule has 0 N–H and O–H groups in total. The van der Waals surface area contributed by atoms with Crippen molar-refractivity contribution in [3.8, 4) is 6.07 Å². The highest BCUT2D eigenvalue weighted by molar-refractivity contribution is 5.66. The average Bonchev–Trinajstić information content (AvgIpc) is 2.94. The molecule has 0 saturated carbocycles. The minimum Gasteiger partial charge on any atom is -0.368 e. The Balaban J connectivity index is 1.18. The Morgan fingerprint density at radius 3 is 2.32 bits per heavy atom. The lowest BCUT2D eigenvalue weighted by molar-refractivity contribution is 0.250. The predicted octanol–water partition coefficient (Wildman–Crippen LogP) is 4.69. The summed E-state index contributed by atoms with van der Waals surface area (Å²) in [7, 11) is 0. The van der Waals surface area contributed by atoms with Crippen molar-refractivity contribution in [2.75, 3.05) is 62.2 Å². The van der Waals surface area contributed by atoms with E-state index in [1.807, 2.05) is 24.4 Å². The largest absolute Gasteiger partial charge is 0.368 e. The fourth-order valence-electron chi connectivity index (χ4n) is 5.35. The van der Waals surface area contributed by atoms with Gasteiger partial charge in [0.1, 0.15) is 11.9 Å². The van der Waals surface area contributed by atoms with Crippen molar-refractivity contribution in [3.63, 3.8) is 0 Å². The molecule has 0 atom stereocenters. The van der Waals surface area contributed by atoms with Crippen molar-refractivity contribution in [3.05, 3.63) is 95.2 Å².